The van der Waals surface area contributed by atoms with E-state index in [0.29, 0.717) is 13.0 Å². The van der Waals surface area contributed by atoms with Gasteiger partial charge in [-0.1, -0.05) is 18.2 Å². The van der Waals surface area contributed by atoms with Crippen LogP contribution < -0.4 is 0 Å². The van der Waals surface area contributed by atoms with Crippen molar-refractivity contribution in [1.29, 1.82) is 0 Å². The van der Waals surface area contributed by atoms with Crippen LogP contribution in [0.25, 0.3) is 0 Å². The fourth-order valence-electron chi connectivity index (χ4n) is 2.17. The fourth-order valence-corrected chi connectivity index (χ4v) is 3.04. The molecule has 116 valence electrons. The van der Waals surface area contributed by atoms with Gasteiger partial charge in [-0.3, -0.25) is 9.59 Å². The molecule has 0 aromatic heterocycles. The Morgan fingerprint density at radius 2 is 1.95 bits per heavy atom. The maximum atomic E-state index is 12.1. The number of carboxylic acid groups (broad SMARTS) is 1. The number of carboxylic acids is 1. The number of benzene rings is 1. The highest BCUT2D eigenvalue weighted by Gasteiger charge is 2.20. The summed E-state index contributed by atoms with van der Waals surface area (Å²) in [5, 5.41) is 8.81. The number of nitrogens with zero attached hydrogens (tertiary/aromatic N) is 1. The molecule has 0 fully saturated rings. The van der Waals surface area contributed by atoms with Crippen LogP contribution in [-0.4, -0.2) is 40.2 Å². The molecule has 0 saturated heterocycles. The average molecular weight is 309 g/mol. The lowest BCUT2D eigenvalue weighted by molar-refractivity contribution is -0.140. The fraction of sp³-hybridized carbons (Fsp3) is 0.500. The van der Waals surface area contributed by atoms with Crippen LogP contribution in [0.3, 0.4) is 0 Å². The van der Waals surface area contributed by atoms with Crippen molar-refractivity contribution in [3.63, 3.8) is 0 Å². The predicted octanol–water partition coefficient (Wildman–Crippen LogP) is 3.27. The summed E-state index contributed by atoms with van der Waals surface area (Å²) in [7, 11) is 0. The van der Waals surface area contributed by atoms with Crippen molar-refractivity contribution >= 4 is 23.6 Å². The standard InChI is InChI=1S/C16H23NO3S/c1-3-17(13(2)12-16(19)20)15(18)10-7-11-21-14-8-5-4-6-9-14/h4-6,8-9,13H,3,7,10-12H2,1-2H3,(H,19,20). The van der Waals surface area contributed by atoms with Crippen LogP contribution in [0.2, 0.25) is 0 Å². The molecule has 1 atom stereocenters. The number of rotatable bonds is 9. The second-order valence-corrected chi connectivity index (χ2v) is 6.06. The number of hydrogen-bond donors (Lipinski definition) is 1. The largest absolute Gasteiger partial charge is 0.481 e. The van der Waals surface area contributed by atoms with E-state index in [9.17, 15) is 9.59 Å². The minimum absolute atomic E-state index is 0.00164. The van der Waals surface area contributed by atoms with E-state index >= 15 is 0 Å². The van der Waals surface area contributed by atoms with E-state index in [1.165, 1.54) is 4.90 Å². The van der Waals surface area contributed by atoms with Crippen LogP contribution in [0.1, 0.15) is 33.1 Å². The monoisotopic (exact) mass is 309 g/mol. The third kappa shape index (κ3) is 6.67. The van der Waals surface area contributed by atoms with Gasteiger partial charge in [-0.25, -0.2) is 0 Å². The molecule has 0 saturated carbocycles. The van der Waals surface area contributed by atoms with Crippen molar-refractivity contribution in [3.05, 3.63) is 30.3 Å². The molecule has 1 rings (SSSR count). The van der Waals surface area contributed by atoms with E-state index in [1.807, 2.05) is 25.1 Å². The minimum atomic E-state index is -0.867. The highest BCUT2D eigenvalue weighted by atomic mass is 32.2. The van der Waals surface area contributed by atoms with Gasteiger partial charge in [0.05, 0.1) is 6.42 Å². The Bertz CT molecular complexity index is 450. The number of hydrogen-bond acceptors (Lipinski definition) is 3. The molecule has 4 nitrogen and oxygen atoms in total. The van der Waals surface area contributed by atoms with Gasteiger partial charge >= 0.3 is 5.97 Å². The lowest BCUT2D eigenvalue weighted by Gasteiger charge is -2.27. The highest BCUT2D eigenvalue weighted by Crippen LogP contribution is 2.19. The second-order valence-electron chi connectivity index (χ2n) is 4.89. The Labute approximate surface area is 130 Å². The molecule has 0 bridgehead atoms. The second kappa shape index (κ2) is 9.45. The molecule has 1 aromatic carbocycles. The first-order valence-electron chi connectivity index (χ1n) is 7.23. The van der Waals surface area contributed by atoms with Gasteiger partial charge in [-0.05, 0) is 38.2 Å². The lowest BCUT2D eigenvalue weighted by Crippen LogP contribution is -2.39. The van der Waals surface area contributed by atoms with E-state index in [0.717, 1.165) is 12.2 Å². The summed E-state index contributed by atoms with van der Waals surface area (Å²) in [6.45, 7) is 4.22. The Hall–Kier alpha value is -1.49. The molecular weight excluding hydrogens is 286 g/mol. The molecule has 0 heterocycles. The molecule has 0 spiro atoms. The van der Waals surface area contributed by atoms with Gasteiger partial charge in [0.25, 0.3) is 0 Å². The van der Waals surface area contributed by atoms with Crippen molar-refractivity contribution in [2.75, 3.05) is 12.3 Å². The minimum Gasteiger partial charge on any atom is -0.481 e. The number of amides is 1. The summed E-state index contributed by atoms with van der Waals surface area (Å²) >= 11 is 1.74. The maximum absolute atomic E-state index is 12.1. The molecule has 0 aliphatic rings. The molecule has 1 aromatic rings. The molecule has 0 aliphatic carbocycles. The lowest BCUT2D eigenvalue weighted by atomic mass is 10.2. The van der Waals surface area contributed by atoms with E-state index < -0.39 is 5.97 Å². The van der Waals surface area contributed by atoms with Crippen LogP contribution in [-0.2, 0) is 9.59 Å². The molecule has 0 aliphatic heterocycles. The predicted molar refractivity (Wildman–Crippen MR) is 85.5 cm³/mol. The highest BCUT2D eigenvalue weighted by molar-refractivity contribution is 7.99. The number of carbonyl (C=O) groups is 2. The molecule has 1 N–H and O–H groups in total. The zero-order valence-electron chi connectivity index (χ0n) is 12.6. The number of thioether (sulfide) groups is 1. The number of carbonyl (C=O) groups excluding carboxylic acids is 1. The zero-order valence-corrected chi connectivity index (χ0v) is 13.4. The SMILES string of the molecule is CCN(C(=O)CCCSc1ccccc1)C(C)CC(=O)O. The first kappa shape index (κ1) is 17.6. The van der Waals surface area contributed by atoms with E-state index in [1.54, 1.807) is 23.6 Å². The normalized spacial score (nSPS) is 11.9. The quantitative estimate of drug-likeness (QED) is 0.562. The van der Waals surface area contributed by atoms with Gasteiger partial charge in [0, 0.05) is 23.9 Å². The van der Waals surface area contributed by atoms with Crippen molar-refractivity contribution in [2.45, 2.75) is 44.0 Å². The topological polar surface area (TPSA) is 57.6 Å². The van der Waals surface area contributed by atoms with Crippen LogP contribution in [0.5, 0.6) is 0 Å². The van der Waals surface area contributed by atoms with Crippen molar-refractivity contribution in [3.8, 4) is 0 Å². The van der Waals surface area contributed by atoms with E-state index in [-0.39, 0.29) is 18.4 Å². The molecule has 1 amide bonds. The van der Waals surface area contributed by atoms with Gasteiger partial charge in [0.1, 0.15) is 0 Å². The molecule has 1 unspecified atom stereocenters. The molecular formula is C16H23NO3S. The van der Waals surface area contributed by atoms with Crippen LogP contribution in [0.4, 0.5) is 0 Å². The summed E-state index contributed by atoms with van der Waals surface area (Å²) in [6, 6.07) is 9.84. The van der Waals surface area contributed by atoms with Gasteiger partial charge in [0.2, 0.25) is 5.91 Å². The Morgan fingerprint density at radius 3 is 2.52 bits per heavy atom. The van der Waals surface area contributed by atoms with E-state index in [2.05, 4.69) is 12.1 Å². The summed E-state index contributed by atoms with van der Waals surface area (Å²) in [5.41, 5.74) is 0. The van der Waals surface area contributed by atoms with E-state index in [4.69, 9.17) is 5.11 Å². The van der Waals surface area contributed by atoms with Gasteiger partial charge in [-0.2, -0.15) is 0 Å². The summed E-state index contributed by atoms with van der Waals surface area (Å²) < 4.78 is 0. The Balaban J connectivity index is 2.32. The first-order chi connectivity index (χ1) is 10.0. The van der Waals surface area contributed by atoms with Gasteiger partial charge < -0.3 is 10.0 Å². The van der Waals surface area contributed by atoms with Crippen LogP contribution >= 0.6 is 11.8 Å². The third-order valence-corrected chi connectivity index (χ3v) is 4.31. The van der Waals surface area contributed by atoms with Crippen LogP contribution in [0.15, 0.2) is 35.2 Å². The molecule has 5 heteroatoms. The summed E-state index contributed by atoms with van der Waals surface area (Å²) in [5.74, 6) is 0.0639. The third-order valence-electron chi connectivity index (χ3n) is 3.21. The Kier molecular flexibility index (Phi) is 7.90. The molecule has 0 radical (unpaired) electrons. The summed E-state index contributed by atoms with van der Waals surface area (Å²) in [4.78, 5) is 25.7. The summed E-state index contributed by atoms with van der Waals surface area (Å²) in [6.07, 6.45) is 1.27. The van der Waals surface area contributed by atoms with Gasteiger partial charge in [-0.15, -0.1) is 11.8 Å². The smallest absolute Gasteiger partial charge is 0.305 e. The average Bonchev–Trinajstić information content (AvgIpc) is 2.44. The van der Waals surface area contributed by atoms with Crippen molar-refractivity contribution in [2.24, 2.45) is 0 Å². The first-order valence-corrected chi connectivity index (χ1v) is 8.22. The van der Waals surface area contributed by atoms with Gasteiger partial charge in [0.15, 0.2) is 0 Å². The molecule has 21 heavy (non-hydrogen) atoms. The Morgan fingerprint density at radius 1 is 1.29 bits per heavy atom. The number of aliphatic carboxylic acids is 1. The zero-order chi connectivity index (χ0) is 15.7. The van der Waals surface area contributed by atoms with Crippen molar-refractivity contribution in [1.82, 2.24) is 4.90 Å². The maximum Gasteiger partial charge on any atom is 0.305 e. The van der Waals surface area contributed by atoms with Crippen molar-refractivity contribution < 1.29 is 14.7 Å². The van der Waals surface area contributed by atoms with Crippen LogP contribution in [0, 0.1) is 0 Å².